The van der Waals surface area contributed by atoms with Crippen molar-refractivity contribution in [2.45, 2.75) is 13.0 Å². The van der Waals surface area contributed by atoms with Crippen molar-refractivity contribution in [2.24, 2.45) is 5.73 Å². The van der Waals surface area contributed by atoms with Gasteiger partial charge < -0.3 is 5.73 Å². The average Bonchev–Trinajstić information content (AvgIpc) is 2.08. The summed E-state index contributed by atoms with van der Waals surface area (Å²) < 4.78 is 13.2. The van der Waals surface area contributed by atoms with E-state index < -0.39 is 12.7 Å². The minimum absolute atomic E-state index is 0. The first kappa shape index (κ1) is 12.9. The largest absolute Gasteiger partial charge is 0.322 e. The molecule has 1 rings (SSSR count). The van der Waals surface area contributed by atoms with Gasteiger partial charge in [0.1, 0.15) is 6.67 Å². The SMILES string of the molecule is Cc1ccc(Br)cc1[C@@H](N)CF.Cl. The van der Waals surface area contributed by atoms with Crippen molar-refractivity contribution in [3.05, 3.63) is 33.8 Å². The molecule has 0 saturated carbocycles. The summed E-state index contributed by atoms with van der Waals surface area (Å²) >= 11 is 3.32. The van der Waals surface area contributed by atoms with Crippen LogP contribution in [0.25, 0.3) is 0 Å². The Bertz CT molecular complexity index is 280. The molecule has 0 aliphatic carbocycles. The summed E-state index contributed by atoms with van der Waals surface area (Å²) in [7, 11) is 0. The van der Waals surface area contributed by atoms with Crippen LogP contribution >= 0.6 is 28.3 Å². The molecule has 0 fully saturated rings. The molecule has 1 nitrogen and oxygen atoms in total. The zero-order valence-electron chi connectivity index (χ0n) is 7.26. The summed E-state index contributed by atoms with van der Waals surface area (Å²) in [5.74, 6) is 0. The molecule has 1 atom stereocenters. The van der Waals surface area contributed by atoms with E-state index in [2.05, 4.69) is 15.9 Å². The lowest BCUT2D eigenvalue weighted by Gasteiger charge is -2.10. The van der Waals surface area contributed by atoms with Crippen LogP contribution in [0.5, 0.6) is 0 Å². The van der Waals surface area contributed by atoms with Crippen molar-refractivity contribution in [3.63, 3.8) is 0 Å². The number of hydrogen-bond acceptors (Lipinski definition) is 1. The van der Waals surface area contributed by atoms with Gasteiger partial charge in [0.05, 0.1) is 6.04 Å². The minimum Gasteiger partial charge on any atom is -0.322 e. The fourth-order valence-corrected chi connectivity index (χ4v) is 1.47. The molecule has 0 saturated heterocycles. The number of aryl methyl sites for hydroxylation is 1. The second-order valence-corrected chi connectivity index (χ2v) is 3.68. The molecule has 74 valence electrons. The maximum Gasteiger partial charge on any atom is 0.109 e. The van der Waals surface area contributed by atoms with Crippen LogP contribution in [0.3, 0.4) is 0 Å². The number of rotatable bonds is 2. The summed E-state index contributed by atoms with van der Waals surface area (Å²) in [6, 6.07) is 5.21. The first-order valence-electron chi connectivity index (χ1n) is 3.72. The fourth-order valence-electron chi connectivity index (χ4n) is 1.09. The van der Waals surface area contributed by atoms with E-state index in [1.165, 1.54) is 0 Å². The lowest BCUT2D eigenvalue weighted by molar-refractivity contribution is 0.436. The van der Waals surface area contributed by atoms with E-state index in [4.69, 9.17) is 5.73 Å². The van der Waals surface area contributed by atoms with Gasteiger partial charge in [0.2, 0.25) is 0 Å². The Balaban J connectivity index is 0.00000144. The number of halogens is 3. The average molecular weight is 269 g/mol. The Morgan fingerprint density at radius 1 is 1.54 bits per heavy atom. The summed E-state index contributed by atoms with van der Waals surface area (Å²) in [6.45, 7) is 1.41. The third-order valence-electron chi connectivity index (χ3n) is 1.81. The maximum absolute atomic E-state index is 12.2. The highest BCUT2D eigenvalue weighted by molar-refractivity contribution is 9.10. The molecule has 0 aromatic heterocycles. The third-order valence-corrected chi connectivity index (χ3v) is 2.30. The van der Waals surface area contributed by atoms with Crippen molar-refractivity contribution >= 4 is 28.3 Å². The normalized spacial score (nSPS) is 12.0. The number of hydrogen-bond donors (Lipinski definition) is 1. The highest BCUT2D eigenvalue weighted by atomic mass is 79.9. The molecule has 13 heavy (non-hydrogen) atoms. The van der Waals surface area contributed by atoms with E-state index >= 15 is 0 Å². The van der Waals surface area contributed by atoms with Crippen LogP contribution in [0.1, 0.15) is 17.2 Å². The summed E-state index contributed by atoms with van der Waals surface area (Å²) in [6.07, 6.45) is 0. The number of alkyl halides is 1. The Hall–Kier alpha value is -0.120. The van der Waals surface area contributed by atoms with E-state index in [1.807, 2.05) is 25.1 Å². The van der Waals surface area contributed by atoms with E-state index in [0.717, 1.165) is 15.6 Å². The lowest BCUT2D eigenvalue weighted by atomic mass is 10.0. The van der Waals surface area contributed by atoms with E-state index in [1.54, 1.807) is 0 Å². The zero-order valence-corrected chi connectivity index (χ0v) is 9.66. The van der Waals surface area contributed by atoms with Crippen LogP contribution in [0.4, 0.5) is 4.39 Å². The number of nitrogens with two attached hydrogens (primary N) is 1. The van der Waals surface area contributed by atoms with Gasteiger partial charge >= 0.3 is 0 Å². The molecule has 0 heterocycles. The van der Waals surface area contributed by atoms with Crippen LogP contribution in [0.2, 0.25) is 0 Å². The first-order valence-corrected chi connectivity index (χ1v) is 4.52. The second-order valence-electron chi connectivity index (χ2n) is 2.76. The number of benzene rings is 1. The van der Waals surface area contributed by atoms with Gasteiger partial charge in [-0.05, 0) is 30.2 Å². The quantitative estimate of drug-likeness (QED) is 0.876. The van der Waals surface area contributed by atoms with E-state index in [9.17, 15) is 4.39 Å². The molecule has 0 unspecified atom stereocenters. The topological polar surface area (TPSA) is 26.0 Å². The van der Waals surface area contributed by atoms with Gasteiger partial charge in [0.25, 0.3) is 0 Å². The standard InChI is InChI=1S/C9H11BrFN.ClH/c1-6-2-3-7(10)4-8(6)9(12)5-11;/h2-4,9H,5,12H2,1H3;1H/t9-;/m0./s1. The summed E-state index contributed by atoms with van der Waals surface area (Å²) in [4.78, 5) is 0. The lowest BCUT2D eigenvalue weighted by Crippen LogP contribution is -2.13. The predicted octanol–water partition coefficient (Wildman–Crippen LogP) is 3.15. The molecule has 4 heteroatoms. The molecule has 0 aliphatic rings. The van der Waals surface area contributed by atoms with Crippen LogP contribution < -0.4 is 5.73 Å². The third kappa shape index (κ3) is 3.25. The van der Waals surface area contributed by atoms with Crippen molar-refractivity contribution in [3.8, 4) is 0 Å². The van der Waals surface area contributed by atoms with Crippen LogP contribution in [0.15, 0.2) is 22.7 Å². The molecule has 0 amide bonds. The molecular weight excluding hydrogens is 256 g/mol. The minimum atomic E-state index is -0.517. The highest BCUT2D eigenvalue weighted by Crippen LogP contribution is 2.20. The van der Waals surface area contributed by atoms with Gasteiger partial charge in [0.15, 0.2) is 0 Å². The molecule has 0 spiro atoms. The molecule has 1 aromatic rings. The van der Waals surface area contributed by atoms with Crippen LogP contribution in [-0.4, -0.2) is 6.67 Å². The molecule has 1 aromatic carbocycles. The molecule has 0 aliphatic heterocycles. The Kier molecular flexibility index (Phi) is 5.53. The van der Waals surface area contributed by atoms with E-state index in [0.29, 0.717) is 0 Å². The smallest absolute Gasteiger partial charge is 0.109 e. The van der Waals surface area contributed by atoms with Gasteiger partial charge in [-0.2, -0.15) is 0 Å². The highest BCUT2D eigenvalue weighted by Gasteiger charge is 2.08. The Morgan fingerprint density at radius 2 is 2.15 bits per heavy atom. The maximum atomic E-state index is 12.2. The van der Waals surface area contributed by atoms with Crippen molar-refractivity contribution in [1.29, 1.82) is 0 Å². The monoisotopic (exact) mass is 267 g/mol. The first-order chi connectivity index (χ1) is 5.65. The van der Waals surface area contributed by atoms with Crippen LogP contribution in [0, 0.1) is 6.92 Å². The zero-order chi connectivity index (χ0) is 9.14. The van der Waals surface area contributed by atoms with Gasteiger partial charge in [-0.25, -0.2) is 4.39 Å². The van der Waals surface area contributed by atoms with Crippen molar-refractivity contribution in [1.82, 2.24) is 0 Å². The molecule has 0 bridgehead atoms. The van der Waals surface area contributed by atoms with Gasteiger partial charge in [0, 0.05) is 4.47 Å². The molecular formula is C9H12BrClFN. The predicted molar refractivity (Wildman–Crippen MR) is 59.0 cm³/mol. The Morgan fingerprint density at radius 3 is 2.69 bits per heavy atom. The fraction of sp³-hybridized carbons (Fsp3) is 0.333. The molecule has 0 radical (unpaired) electrons. The summed E-state index contributed by atoms with van der Waals surface area (Å²) in [5, 5.41) is 0. The van der Waals surface area contributed by atoms with Crippen molar-refractivity contribution < 1.29 is 4.39 Å². The van der Waals surface area contributed by atoms with E-state index in [-0.39, 0.29) is 12.4 Å². The van der Waals surface area contributed by atoms with Gasteiger partial charge in [-0.3, -0.25) is 0 Å². The van der Waals surface area contributed by atoms with Gasteiger partial charge in [-0.1, -0.05) is 22.0 Å². The Labute approximate surface area is 92.1 Å². The van der Waals surface area contributed by atoms with Gasteiger partial charge in [-0.15, -0.1) is 12.4 Å². The van der Waals surface area contributed by atoms with Crippen molar-refractivity contribution in [2.75, 3.05) is 6.67 Å². The second kappa shape index (κ2) is 5.58. The van der Waals surface area contributed by atoms with Crippen LogP contribution in [-0.2, 0) is 0 Å². The summed E-state index contributed by atoms with van der Waals surface area (Å²) in [5.41, 5.74) is 7.47. The molecule has 2 N–H and O–H groups in total.